The van der Waals surface area contributed by atoms with Gasteiger partial charge in [-0.25, -0.2) is 15.0 Å². The summed E-state index contributed by atoms with van der Waals surface area (Å²) in [5.41, 5.74) is 10.4. The number of nitrogens with one attached hydrogen (secondary N) is 1. The van der Waals surface area contributed by atoms with Crippen molar-refractivity contribution < 1.29 is 0 Å². The summed E-state index contributed by atoms with van der Waals surface area (Å²) in [7, 11) is 0. The average molecular weight is 545 g/mol. The smallest absolute Gasteiger partial charge is 0.248 e. The molecule has 1 saturated heterocycles. The molecule has 0 unspecified atom stereocenters. The second kappa shape index (κ2) is 9.71. The predicted octanol–water partition coefficient (Wildman–Crippen LogP) is 4.56. The molecular weight excluding hydrogens is 508 g/mol. The van der Waals surface area contributed by atoms with Crippen LogP contribution >= 0.6 is 11.3 Å². The fraction of sp³-hybridized carbons (Fsp3) is 0.536. The number of fused-ring (bicyclic) bond motifs is 3. The highest BCUT2D eigenvalue weighted by Crippen LogP contribution is 2.47. The highest BCUT2D eigenvalue weighted by molar-refractivity contribution is 7.17. The Hall–Kier alpha value is -3.31. The molecule has 39 heavy (non-hydrogen) atoms. The summed E-state index contributed by atoms with van der Waals surface area (Å²) in [5.74, 6) is 4.30. The number of aromatic nitrogens is 6. The third-order valence-corrected chi connectivity index (χ3v) is 10.0. The van der Waals surface area contributed by atoms with Gasteiger partial charge in [0.25, 0.3) is 0 Å². The van der Waals surface area contributed by atoms with E-state index in [1.165, 1.54) is 31.2 Å². The Morgan fingerprint density at radius 1 is 1.13 bits per heavy atom. The second-order valence-electron chi connectivity index (χ2n) is 11.5. The molecule has 2 bridgehead atoms. The van der Waals surface area contributed by atoms with Crippen LogP contribution in [0.15, 0.2) is 24.0 Å². The first-order valence-corrected chi connectivity index (χ1v) is 15.0. The summed E-state index contributed by atoms with van der Waals surface area (Å²) in [6.07, 6.45) is 10.1. The van der Waals surface area contributed by atoms with Crippen molar-refractivity contribution >= 4 is 45.0 Å². The van der Waals surface area contributed by atoms with E-state index in [4.69, 9.17) is 10.7 Å². The number of hydrogen-bond acceptors (Lipinski definition) is 10. The zero-order valence-corrected chi connectivity index (χ0v) is 23.7. The number of aryl methyl sites for hydroxylation is 2. The van der Waals surface area contributed by atoms with Crippen LogP contribution in [-0.4, -0.2) is 66.3 Å². The van der Waals surface area contributed by atoms with Gasteiger partial charge in [0.05, 0.1) is 22.1 Å². The van der Waals surface area contributed by atoms with E-state index < -0.39 is 0 Å². The molecule has 11 heteroatoms. The van der Waals surface area contributed by atoms with Gasteiger partial charge in [0.2, 0.25) is 11.9 Å². The first kappa shape index (κ1) is 24.7. The molecule has 1 aliphatic heterocycles. The van der Waals surface area contributed by atoms with Crippen LogP contribution in [0.25, 0.3) is 16.0 Å². The van der Waals surface area contributed by atoms with E-state index in [0.29, 0.717) is 17.8 Å². The molecule has 4 aromatic heterocycles. The highest BCUT2D eigenvalue weighted by atomic mass is 32.1. The third kappa shape index (κ3) is 4.31. The van der Waals surface area contributed by atoms with Crippen LogP contribution in [0.3, 0.4) is 0 Å². The third-order valence-electron chi connectivity index (χ3n) is 9.03. The molecule has 204 valence electrons. The van der Waals surface area contributed by atoms with E-state index in [1.54, 1.807) is 22.3 Å². The highest BCUT2D eigenvalue weighted by Gasteiger charge is 2.44. The molecule has 7 rings (SSSR count). The lowest BCUT2D eigenvalue weighted by molar-refractivity contribution is 0.0899. The summed E-state index contributed by atoms with van der Waals surface area (Å²) in [5, 5.41) is 10.0. The number of nitrogens with zero attached hydrogens (tertiary/aromatic N) is 8. The molecule has 2 saturated carbocycles. The minimum atomic E-state index is 0.271. The van der Waals surface area contributed by atoms with Gasteiger partial charge in [-0.05, 0) is 73.9 Å². The van der Waals surface area contributed by atoms with E-state index in [-0.39, 0.29) is 5.95 Å². The normalized spacial score (nSPS) is 25.2. The van der Waals surface area contributed by atoms with E-state index >= 15 is 0 Å². The molecule has 0 aromatic carbocycles. The van der Waals surface area contributed by atoms with Crippen molar-refractivity contribution in [1.29, 1.82) is 0 Å². The number of anilines is 4. The summed E-state index contributed by atoms with van der Waals surface area (Å²) < 4.78 is 2.53. The molecule has 0 amide bonds. The van der Waals surface area contributed by atoms with E-state index in [9.17, 15) is 0 Å². The number of hydrogen-bond donors (Lipinski definition) is 2. The average Bonchev–Trinajstić information content (AvgIpc) is 3.72. The minimum absolute atomic E-state index is 0.271. The second-order valence-corrected chi connectivity index (χ2v) is 12.3. The summed E-state index contributed by atoms with van der Waals surface area (Å²) in [6, 6.07) is 3.46. The minimum Gasteiger partial charge on any atom is -0.368 e. The predicted molar refractivity (Wildman–Crippen MR) is 156 cm³/mol. The van der Waals surface area contributed by atoms with Crippen molar-refractivity contribution in [3.8, 4) is 5.82 Å². The summed E-state index contributed by atoms with van der Waals surface area (Å²) in [6.45, 7) is 9.80. The number of piperazine rings is 1. The van der Waals surface area contributed by atoms with Gasteiger partial charge in [0.15, 0.2) is 5.82 Å². The van der Waals surface area contributed by atoms with Gasteiger partial charge in [0.1, 0.15) is 12.1 Å². The standard InChI is InChI=1S/C28H36N10S/c1-4-19-14-39-24-23(19)31-15-32-26(24)38-27(29)34-28(35-38)33-21-9-16(2)25(30-12-21)36-7-8-37(17(3)13-36)22-11-18-5-6-20(22)10-18/h9,12,14-15,17-18,20,22H,4-8,10-11,13H2,1-3H3,(H3,29,33,34,35)/t17-,18+,20-,22-/m0/s1. The van der Waals surface area contributed by atoms with Crippen LogP contribution in [0.5, 0.6) is 0 Å². The first-order valence-electron chi connectivity index (χ1n) is 14.2. The Labute approximate surface area is 232 Å². The van der Waals surface area contributed by atoms with Gasteiger partial charge >= 0.3 is 0 Å². The lowest BCUT2D eigenvalue weighted by Crippen LogP contribution is -2.56. The van der Waals surface area contributed by atoms with Gasteiger partial charge in [0, 0.05) is 31.7 Å². The molecule has 5 heterocycles. The van der Waals surface area contributed by atoms with Gasteiger partial charge in [-0.1, -0.05) is 13.3 Å². The molecular formula is C28H36N10S. The van der Waals surface area contributed by atoms with Crippen LogP contribution in [0.1, 0.15) is 50.7 Å². The molecule has 3 aliphatic rings. The fourth-order valence-corrected chi connectivity index (χ4v) is 8.27. The number of nitrogen functional groups attached to an aromatic ring is 1. The van der Waals surface area contributed by atoms with Crippen LogP contribution < -0.4 is 16.0 Å². The van der Waals surface area contributed by atoms with E-state index in [0.717, 1.165) is 71.2 Å². The maximum atomic E-state index is 6.27. The van der Waals surface area contributed by atoms with Crippen molar-refractivity contribution in [2.45, 2.75) is 65.0 Å². The number of thiophene rings is 1. The molecule has 10 nitrogen and oxygen atoms in total. The van der Waals surface area contributed by atoms with E-state index in [1.807, 2.05) is 6.20 Å². The van der Waals surface area contributed by atoms with Crippen molar-refractivity contribution in [1.82, 2.24) is 34.6 Å². The fourth-order valence-electron chi connectivity index (χ4n) is 7.19. The largest absolute Gasteiger partial charge is 0.368 e. The van der Waals surface area contributed by atoms with Crippen LogP contribution in [0.4, 0.5) is 23.4 Å². The molecule has 4 atom stereocenters. The zero-order chi connectivity index (χ0) is 26.7. The Kier molecular flexibility index (Phi) is 6.15. The van der Waals surface area contributed by atoms with Crippen LogP contribution in [0, 0.1) is 18.8 Å². The number of pyridine rings is 1. The molecule has 2 aliphatic carbocycles. The first-order chi connectivity index (χ1) is 19.0. The number of nitrogens with two attached hydrogens (primary N) is 1. The Bertz CT molecular complexity index is 1510. The maximum Gasteiger partial charge on any atom is 0.248 e. The maximum absolute atomic E-state index is 6.27. The SMILES string of the molecule is CCc1csc2c(-n3nc(Nc4cnc(N5CCN([C@H]6C[C@@H]7CC[C@H]6C7)[C@@H](C)C5)c(C)c4)nc3N)ncnc12. The Morgan fingerprint density at radius 2 is 2.03 bits per heavy atom. The Balaban J connectivity index is 1.06. The van der Waals surface area contributed by atoms with Crippen molar-refractivity contribution in [2.24, 2.45) is 11.8 Å². The Morgan fingerprint density at radius 3 is 2.77 bits per heavy atom. The van der Waals surface area contributed by atoms with E-state index in [2.05, 4.69) is 67.4 Å². The molecule has 0 radical (unpaired) electrons. The monoisotopic (exact) mass is 544 g/mol. The summed E-state index contributed by atoms with van der Waals surface area (Å²) >= 11 is 1.60. The summed E-state index contributed by atoms with van der Waals surface area (Å²) in [4.78, 5) is 23.5. The van der Waals surface area contributed by atoms with Crippen molar-refractivity contribution in [3.05, 3.63) is 35.1 Å². The zero-order valence-electron chi connectivity index (χ0n) is 22.8. The van der Waals surface area contributed by atoms with Gasteiger partial charge < -0.3 is 16.0 Å². The van der Waals surface area contributed by atoms with Gasteiger partial charge in [-0.15, -0.1) is 16.4 Å². The van der Waals surface area contributed by atoms with Crippen molar-refractivity contribution in [3.63, 3.8) is 0 Å². The topological polar surface area (TPSA) is 114 Å². The van der Waals surface area contributed by atoms with Gasteiger partial charge in [-0.3, -0.25) is 4.90 Å². The molecule has 3 N–H and O–H groups in total. The van der Waals surface area contributed by atoms with Crippen LogP contribution in [0.2, 0.25) is 0 Å². The van der Waals surface area contributed by atoms with Crippen molar-refractivity contribution in [2.75, 3.05) is 35.6 Å². The quantitative estimate of drug-likeness (QED) is 0.360. The molecule has 4 aromatic rings. The lowest BCUT2D eigenvalue weighted by Gasteiger charge is -2.46. The number of rotatable bonds is 6. The molecule has 0 spiro atoms. The lowest BCUT2D eigenvalue weighted by atomic mass is 9.92. The van der Waals surface area contributed by atoms with Crippen LogP contribution in [-0.2, 0) is 6.42 Å². The molecule has 3 fully saturated rings. The van der Waals surface area contributed by atoms with Gasteiger partial charge in [-0.2, -0.15) is 9.67 Å².